The Bertz CT molecular complexity index is 986. The van der Waals surface area contributed by atoms with Crippen LogP contribution in [0.15, 0.2) is 47.9 Å². The molecular weight excluding hydrogens is 346 g/mol. The summed E-state index contributed by atoms with van der Waals surface area (Å²) >= 11 is 0. The molecule has 3 rings (SSSR count). The zero-order valence-corrected chi connectivity index (χ0v) is 16.3. The predicted octanol–water partition coefficient (Wildman–Crippen LogP) is 3.88. The SMILES string of the molecule is Cc1cc(C)cc(C(=O)N(c2ccc(C)c(C)c2)[C@H]2C=CS(=O)(=O)C2)c1. The van der Waals surface area contributed by atoms with Crippen LogP contribution in [0.5, 0.6) is 0 Å². The highest BCUT2D eigenvalue weighted by Crippen LogP contribution is 2.27. The first-order valence-corrected chi connectivity index (χ1v) is 10.3. The number of sulfone groups is 1. The maximum atomic E-state index is 13.3. The van der Waals surface area contributed by atoms with Crippen molar-refractivity contribution in [2.75, 3.05) is 10.7 Å². The van der Waals surface area contributed by atoms with Gasteiger partial charge in [-0.05, 0) is 69.2 Å². The monoisotopic (exact) mass is 369 g/mol. The van der Waals surface area contributed by atoms with Crippen molar-refractivity contribution < 1.29 is 13.2 Å². The maximum Gasteiger partial charge on any atom is 0.258 e. The number of anilines is 1. The Labute approximate surface area is 155 Å². The molecule has 0 N–H and O–H groups in total. The van der Waals surface area contributed by atoms with Crippen LogP contribution in [0.25, 0.3) is 0 Å². The van der Waals surface area contributed by atoms with Crippen LogP contribution in [0.4, 0.5) is 5.69 Å². The lowest BCUT2D eigenvalue weighted by Gasteiger charge is -2.28. The van der Waals surface area contributed by atoms with Crippen molar-refractivity contribution in [2.45, 2.75) is 33.7 Å². The molecule has 0 aromatic heterocycles. The van der Waals surface area contributed by atoms with Crippen LogP contribution < -0.4 is 4.90 Å². The number of nitrogens with zero attached hydrogens (tertiary/aromatic N) is 1. The van der Waals surface area contributed by atoms with Crippen LogP contribution in [0.3, 0.4) is 0 Å². The quantitative estimate of drug-likeness (QED) is 0.825. The molecule has 0 bridgehead atoms. The molecule has 1 aliphatic rings. The fraction of sp³-hybridized carbons (Fsp3) is 0.286. The smallest absolute Gasteiger partial charge is 0.258 e. The van der Waals surface area contributed by atoms with E-state index in [-0.39, 0.29) is 11.7 Å². The molecule has 0 saturated carbocycles. The molecule has 0 aliphatic carbocycles. The number of carbonyl (C=O) groups is 1. The van der Waals surface area contributed by atoms with E-state index in [1.807, 2.05) is 64.1 Å². The summed E-state index contributed by atoms with van der Waals surface area (Å²) in [6.07, 6.45) is 1.60. The largest absolute Gasteiger partial charge is 0.300 e. The molecule has 0 unspecified atom stereocenters. The number of benzene rings is 2. The fourth-order valence-electron chi connectivity index (χ4n) is 3.29. The Hall–Kier alpha value is -2.40. The third-order valence-corrected chi connectivity index (χ3v) is 6.08. The molecule has 26 heavy (non-hydrogen) atoms. The minimum Gasteiger partial charge on any atom is -0.300 e. The van der Waals surface area contributed by atoms with Crippen molar-refractivity contribution in [2.24, 2.45) is 0 Å². The van der Waals surface area contributed by atoms with E-state index >= 15 is 0 Å². The van der Waals surface area contributed by atoms with E-state index in [0.29, 0.717) is 11.3 Å². The summed E-state index contributed by atoms with van der Waals surface area (Å²) in [5.41, 5.74) is 5.47. The Kier molecular flexibility index (Phi) is 4.76. The van der Waals surface area contributed by atoms with E-state index in [2.05, 4.69) is 0 Å². The number of carbonyl (C=O) groups excluding carboxylic acids is 1. The topological polar surface area (TPSA) is 54.5 Å². The average molecular weight is 369 g/mol. The van der Waals surface area contributed by atoms with Gasteiger partial charge in [0.2, 0.25) is 0 Å². The summed E-state index contributed by atoms with van der Waals surface area (Å²) in [6.45, 7) is 7.89. The first kappa shape index (κ1) is 18.4. The number of hydrogen-bond acceptors (Lipinski definition) is 3. The molecule has 1 atom stereocenters. The Morgan fingerprint density at radius 2 is 1.62 bits per heavy atom. The molecule has 2 aromatic rings. The Balaban J connectivity index is 2.09. The molecule has 1 aliphatic heterocycles. The first-order chi connectivity index (χ1) is 12.2. The molecule has 0 radical (unpaired) electrons. The van der Waals surface area contributed by atoms with Crippen molar-refractivity contribution in [3.63, 3.8) is 0 Å². The Morgan fingerprint density at radius 1 is 0.962 bits per heavy atom. The van der Waals surface area contributed by atoms with Gasteiger partial charge in [0.25, 0.3) is 5.91 Å². The molecule has 1 amide bonds. The van der Waals surface area contributed by atoms with Gasteiger partial charge in [0, 0.05) is 16.7 Å². The minimum absolute atomic E-state index is 0.0868. The van der Waals surface area contributed by atoms with Gasteiger partial charge < -0.3 is 4.90 Å². The van der Waals surface area contributed by atoms with Crippen LogP contribution >= 0.6 is 0 Å². The van der Waals surface area contributed by atoms with Crippen LogP contribution in [-0.4, -0.2) is 26.1 Å². The fourth-order valence-corrected chi connectivity index (χ4v) is 4.56. The van der Waals surface area contributed by atoms with Gasteiger partial charge in [-0.2, -0.15) is 0 Å². The molecule has 4 nitrogen and oxygen atoms in total. The highest BCUT2D eigenvalue weighted by atomic mass is 32.2. The van der Waals surface area contributed by atoms with E-state index in [1.54, 1.807) is 11.0 Å². The number of rotatable bonds is 3. The summed E-state index contributed by atoms with van der Waals surface area (Å²) < 4.78 is 23.9. The van der Waals surface area contributed by atoms with Crippen LogP contribution in [0, 0.1) is 27.7 Å². The van der Waals surface area contributed by atoms with Gasteiger partial charge in [-0.3, -0.25) is 4.79 Å². The van der Waals surface area contributed by atoms with Crippen molar-refractivity contribution in [3.8, 4) is 0 Å². The third kappa shape index (κ3) is 3.73. The van der Waals surface area contributed by atoms with Crippen LogP contribution in [0.2, 0.25) is 0 Å². The summed E-state index contributed by atoms with van der Waals surface area (Å²) in [4.78, 5) is 14.9. The number of aryl methyl sites for hydroxylation is 4. The second kappa shape index (κ2) is 6.72. The van der Waals surface area contributed by atoms with Crippen molar-refractivity contribution in [1.29, 1.82) is 0 Å². The van der Waals surface area contributed by atoms with Gasteiger partial charge in [-0.15, -0.1) is 0 Å². The second-order valence-corrected chi connectivity index (χ2v) is 8.98. The molecule has 0 saturated heterocycles. The lowest BCUT2D eigenvalue weighted by molar-refractivity contribution is 0.0983. The number of hydrogen-bond donors (Lipinski definition) is 0. The van der Waals surface area contributed by atoms with Gasteiger partial charge in [0.05, 0.1) is 11.8 Å². The van der Waals surface area contributed by atoms with E-state index in [1.165, 1.54) is 5.41 Å². The molecule has 136 valence electrons. The van der Waals surface area contributed by atoms with Gasteiger partial charge in [-0.1, -0.05) is 23.3 Å². The maximum absolute atomic E-state index is 13.3. The van der Waals surface area contributed by atoms with Crippen molar-refractivity contribution in [1.82, 2.24) is 0 Å². The van der Waals surface area contributed by atoms with E-state index in [4.69, 9.17) is 0 Å². The second-order valence-electron chi connectivity index (χ2n) is 7.05. The molecule has 0 spiro atoms. The van der Waals surface area contributed by atoms with Gasteiger partial charge in [0.15, 0.2) is 9.84 Å². The van der Waals surface area contributed by atoms with E-state index < -0.39 is 15.9 Å². The van der Waals surface area contributed by atoms with Crippen molar-refractivity contribution >= 4 is 21.4 Å². The summed E-state index contributed by atoms with van der Waals surface area (Å²) in [7, 11) is -3.27. The molecule has 0 fully saturated rings. The standard InChI is InChI=1S/C21H23NO3S/c1-14-9-15(2)11-18(10-14)21(23)22(20-7-8-26(24,25)13-20)19-6-5-16(3)17(4)12-19/h5-12,20H,13H2,1-4H3/t20-/m0/s1. The lowest BCUT2D eigenvalue weighted by atomic mass is 10.0. The van der Waals surface area contributed by atoms with Gasteiger partial charge in [-0.25, -0.2) is 8.42 Å². The normalized spacial score (nSPS) is 18.1. The van der Waals surface area contributed by atoms with Crippen LogP contribution in [0.1, 0.15) is 32.6 Å². The van der Waals surface area contributed by atoms with Gasteiger partial charge in [0.1, 0.15) is 0 Å². The zero-order valence-electron chi connectivity index (χ0n) is 15.5. The van der Waals surface area contributed by atoms with Crippen LogP contribution in [-0.2, 0) is 9.84 Å². The molecule has 5 heteroatoms. The number of amides is 1. The minimum atomic E-state index is -3.27. The summed E-state index contributed by atoms with van der Waals surface area (Å²) in [6, 6.07) is 11.0. The lowest BCUT2D eigenvalue weighted by Crippen LogP contribution is -2.41. The third-order valence-electron chi connectivity index (χ3n) is 4.70. The summed E-state index contributed by atoms with van der Waals surface area (Å²) in [5, 5.41) is 1.21. The summed E-state index contributed by atoms with van der Waals surface area (Å²) in [5.74, 6) is -0.275. The van der Waals surface area contributed by atoms with Gasteiger partial charge >= 0.3 is 0 Å². The average Bonchev–Trinajstić information content (AvgIpc) is 2.89. The first-order valence-electron chi connectivity index (χ1n) is 8.56. The van der Waals surface area contributed by atoms with Crippen molar-refractivity contribution in [3.05, 3.63) is 75.7 Å². The highest BCUT2D eigenvalue weighted by molar-refractivity contribution is 7.94. The molecule has 1 heterocycles. The predicted molar refractivity (Wildman–Crippen MR) is 105 cm³/mol. The molecular formula is C21H23NO3S. The zero-order chi connectivity index (χ0) is 19.1. The highest BCUT2D eigenvalue weighted by Gasteiger charge is 2.32. The van der Waals surface area contributed by atoms with E-state index in [9.17, 15) is 13.2 Å². The Morgan fingerprint density at radius 3 is 2.15 bits per heavy atom. The van der Waals surface area contributed by atoms with E-state index in [0.717, 1.165) is 22.3 Å². The molecule has 2 aromatic carbocycles.